The van der Waals surface area contributed by atoms with Gasteiger partial charge >= 0.3 is 0 Å². The maximum Gasteiger partial charge on any atom is 0.247 e. The van der Waals surface area contributed by atoms with Crippen molar-refractivity contribution in [1.29, 1.82) is 0 Å². The lowest BCUT2D eigenvalue weighted by atomic mass is 10.1. The summed E-state index contributed by atoms with van der Waals surface area (Å²) in [5.41, 5.74) is 2.17. The molecule has 1 saturated carbocycles. The van der Waals surface area contributed by atoms with Gasteiger partial charge in [-0.2, -0.15) is 0 Å². The zero-order valence-corrected chi connectivity index (χ0v) is 11.9. The average Bonchev–Trinajstić information content (AvgIpc) is 3.01. The van der Waals surface area contributed by atoms with E-state index in [0.29, 0.717) is 11.8 Å². The van der Waals surface area contributed by atoms with Crippen LogP contribution in [0.3, 0.4) is 0 Å². The van der Waals surface area contributed by atoms with Crippen LogP contribution >= 0.6 is 15.9 Å². The Hall–Kier alpha value is -1.16. The summed E-state index contributed by atoms with van der Waals surface area (Å²) in [5, 5.41) is 8.37. The lowest BCUT2D eigenvalue weighted by Gasteiger charge is -2.02. The molecular formula is C14H15BrN2O. The van der Waals surface area contributed by atoms with Gasteiger partial charge in [0.1, 0.15) is 0 Å². The number of rotatable bonds is 2. The largest absolute Gasteiger partial charge is 0.420 e. The molecule has 0 saturated heterocycles. The fraction of sp³-hybridized carbons (Fsp3) is 0.429. The second-order valence-corrected chi connectivity index (χ2v) is 5.75. The third kappa shape index (κ3) is 2.21. The van der Waals surface area contributed by atoms with Gasteiger partial charge in [0.2, 0.25) is 11.8 Å². The molecule has 0 aliphatic heterocycles. The van der Waals surface area contributed by atoms with Gasteiger partial charge < -0.3 is 4.42 Å². The van der Waals surface area contributed by atoms with Gasteiger partial charge in [-0.25, -0.2) is 0 Å². The van der Waals surface area contributed by atoms with Crippen molar-refractivity contribution in [3.8, 4) is 11.5 Å². The van der Waals surface area contributed by atoms with E-state index in [-0.39, 0.29) is 0 Å². The van der Waals surface area contributed by atoms with Crippen LogP contribution in [0.4, 0.5) is 0 Å². The van der Waals surface area contributed by atoms with Gasteiger partial charge in [-0.15, -0.1) is 10.2 Å². The number of hydrogen-bond acceptors (Lipinski definition) is 3. The standard InChI is InChI=1S/C14H15BrN2O/c1-9-8-11(6-7-12(9)15)14-17-16-13(18-14)10-4-2-3-5-10/h6-8,10H,2-5H2,1H3. The highest BCUT2D eigenvalue weighted by Gasteiger charge is 2.23. The van der Waals surface area contributed by atoms with E-state index >= 15 is 0 Å². The quantitative estimate of drug-likeness (QED) is 0.822. The van der Waals surface area contributed by atoms with Gasteiger partial charge in [0.25, 0.3) is 0 Å². The Morgan fingerprint density at radius 3 is 2.72 bits per heavy atom. The Kier molecular flexibility index (Phi) is 3.20. The van der Waals surface area contributed by atoms with Gasteiger partial charge in [0, 0.05) is 16.0 Å². The monoisotopic (exact) mass is 306 g/mol. The summed E-state index contributed by atoms with van der Waals surface area (Å²) in [6.07, 6.45) is 4.92. The highest BCUT2D eigenvalue weighted by molar-refractivity contribution is 9.10. The SMILES string of the molecule is Cc1cc(-c2nnc(C3CCCC3)o2)ccc1Br. The maximum atomic E-state index is 5.81. The molecule has 0 bridgehead atoms. The molecule has 0 spiro atoms. The van der Waals surface area contributed by atoms with E-state index in [1.165, 1.54) is 31.2 Å². The van der Waals surface area contributed by atoms with E-state index in [1.54, 1.807) is 0 Å². The van der Waals surface area contributed by atoms with Crippen molar-refractivity contribution in [3.05, 3.63) is 34.1 Å². The lowest BCUT2D eigenvalue weighted by Crippen LogP contribution is -1.91. The van der Waals surface area contributed by atoms with Crippen molar-refractivity contribution in [2.24, 2.45) is 0 Å². The van der Waals surface area contributed by atoms with Crippen LogP contribution in [-0.2, 0) is 0 Å². The molecule has 1 aliphatic carbocycles. The lowest BCUT2D eigenvalue weighted by molar-refractivity contribution is 0.457. The number of aromatic nitrogens is 2. The molecule has 0 atom stereocenters. The van der Waals surface area contributed by atoms with E-state index in [9.17, 15) is 0 Å². The third-order valence-corrected chi connectivity index (χ3v) is 4.44. The van der Waals surface area contributed by atoms with Crippen molar-refractivity contribution < 1.29 is 4.42 Å². The minimum atomic E-state index is 0.475. The number of benzene rings is 1. The predicted octanol–water partition coefficient (Wildman–Crippen LogP) is 4.47. The topological polar surface area (TPSA) is 38.9 Å². The van der Waals surface area contributed by atoms with Gasteiger partial charge in [0.15, 0.2) is 0 Å². The third-order valence-electron chi connectivity index (χ3n) is 3.55. The second kappa shape index (κ2) is 4.84. The molecule has 4 heteroatoms. The Balaban J connectivity index is 1.89. The number of nitrogens with zero attached hydrogens (tertiary/aromatic N) is 2. The van der Waals surface area contributed by atoms with E-state index in [4.69, 9.17) is 4.42 Å². The molecule has 0 N–H and O–H groups in total. The van der Waals surface area contributed by atoms with Gasteiger partial charge in [0.05, 0.1) is 0 Å². The van der Waals surface area contributed by atoms with Crippen molar-refractivity contribution in [2.45, 2.75) is 38.5 Å². The highest BCUT2D eigenvalue weighted by Crippen LogP contribution is 2.34. The van der Waals surface area contributed by atoms with E-state index in [0.717, 1.165) is 15.9 Å². The van der Waals surface area contributed by atoms with Crippen LogP contribution in [0.15, 0.2) is 27.1 Å². The normalized spacial score (nSPS) is 16.3. The summed E-state index contributed by atoms with van der Waals surface area (Å²) in [6, 6.07) is 6.09. The van der Waals surface area contributed by atoms with Crippen LogP contribution in [0.2, 0.25) is 0 Å². The summed E-state index contributed by atoms with van der Waals surface area (Å²) < 4.78 is 6.91. The molecule has 2 aromatic rings. The van der Waals surface area contributed by atoms with Crippen LogP contribution in [0.25, 0.3) is 11.5 Å². The van der Waals surface area contributed by atoms with Crippen molar-refractivity contribution in [2.75, 3.05) is 0 Å². The molecule has 18 heavy (non-hydrogen) atoms. The van der Waals surface area contributed by atoms with Crippen LogP contribution in [-0.4, -0.2) is 10.2 Å². The van der Waals surface area contributed by atoms with Crippen molar-refractivity contribution in [1.82, 2.24) is 10.2 Å². The first-order valence-corrected chi connectivity index (χ1v) is 7.13. The molecule has 0 amide bonds. The molecule has 0 unspecified atom stereocenters. The number of aryl methyl sites for hydroxylation is 1. The Morgan fingerprint density at radius 1 is 1.22 bits per heavy atom. The molecule has 1 aromatic carbocycles. The van der Waals surface area contributed by atoms with E-state index < -0.39 is 0 Å². The summed E-state index contributed by atoms with van der Waals surface area (Å²) in [5.74, 6) is 1.92. The first-order chi connectivity index (χ1) is 8.74. The molecule has 3 nitrogen and oxygen atoms in total. The minimum absolute atomic E-state index is 0.475. The number of hydrogen-bond donors (Lipinski definition) is 0. The van der Waals surface area contributed by atoms with E-state index in [2.05, 4.69) is 39.1 Å². The zero-order valence-electron chi connectivity index (χ0n) is 10.3. The molecule has 1 fully saturated rings. The first-order valence-electron chi connectivity index (χ1n) is 6.34. The average molecular weight is 307 g/mol. The molecule has 1 heterocycles. The second-order valence-electron chi connectivity index (χ2n) is 4.89. The van der Waals surface area contributed by atoms with Gasteiger partial charge in [-0.3, -0.25) is 0 Å². The summed E-state index contributed by atoms with van der Waals surface area (Å²) in [4.78, 5) is 0. The van der Waals surface area contributed by atoms with Gasteiger partial charge in [-0.05, 0) is 43.5 Å². The molecular weight excluding hydrogens is 292 g/mol. The number of halogens is 1. The molecule has 0 radical (unpaired) electrons. The first kappa shape index (κ1) is 11.9. The molecule has 3 rings (SSSR count). The van der Waals surface area contributed by atoms with Crippen LogP contribution in [0.1, 0.15) is 43.1 Å². The van der Waals surface area contributed by atoms with Gasteiger partial charge in [-0.1, -0.05) is 28.8 Å². The Morgan fingerprint density at radius 2 is 2.00 bits per heavy atom. The minimum Gasteiger partial charge on any atom is -0.420 e. The van der Waals surface area contributed by atoms with E-state index in [1.807, 2.05) is 12.1 Å². The fourth-order valence-corrected chi connectivity index (χ4v) is 2.71. The van der Waals surface area contributed by atoms with Crippen molar-refractivity contribution >= 4 is 15.9 Å². The van der Waals surface area contributed by atoms with Crippen LogP contribution < -0.4 is 0 Å². The van der Waals surface area contributed by atoms with Crippen molar-refractivity contribution in [3.63, 3.8) is 0 Å². The predicted molar refractivity (Wildman–Crippen MR) is 73.4 cm³/mol. The highest BCUT2D eigenvalue weighted by atomic mass is 79.9. The fourth-order valence-electron chi connectivity index (χ4n) is 2.47. The molecule has 94 valence electrons. The summed E-state index contributed by atoms with van der Waals surface area (Å²) >= 11 is 3.49. The molecule has 1 aromatic heterocycles. The summed E-state index contributed by atoms with van der Waals surface area (Å²) in [7, 11) is 0. The maximum absolute atomic E-state index is 5.81. The molecule has 1 aliphatic rings. The smallest absolute Gasteiger partial charge is 0.247 e. The van der Waals surface area contributed by atoms with Crippen LogP contribution in [0, 0.1) is 6.92 Å². The van der Waals surface area contributed by atoms with Crippen LogP contribution in [0.5, 0.6) is 0 Å². The zero-order chi connectivity index (χ0) is 12.5. The Labute approximate surface area is 115 Å². The summed E-state index contributed by atoms with van der Waals surface area (Å²) in [6.45, 7) is 2.06. The Bertz CT molecular complexity index is 559.